The molecule has 1 heterocycles. The lowest BCUT2D eigenvalue weighted by Gasteiger charge is -2.22. The van der Waals surface area contributed by atoms with Crippen molar-refractivity contribution in [1.82, 2.24) is 15.6 Å². The number of rotatable bonds is 7. The number of alkyl carbamates (subject to hydrolysis) is 1. The first-order chi connectivity index (χ1) is 12.0. The number of hydrogen-bond donors (Lipinski definition) is 3. The number of esters is 1. The molecule has 10 heteroatoms. The molecule has 2 amide bonds. The number of hydrogen-bond acceptors (Lipinski definition) is 7. The van der Waals surface area contributed by atoms with Crippen LogP contribution in [0.3, 0.4) is 0 Å². The molecule has 144 valence electrons. The first-order valence-electron chi connectivity index (χ1n) is 7.76. The van der Waals surface area contributed by atoms with Crippen LogP contribution < -0.4 is 16.4 Å². The van der Waals surface area contributed by atoms with Gasteiger partial charge in [0.15, 0.2) is 0 Å². The van der Waals surface area contributed by atoms with Crippen LogP contribution in [0.25, 0.3) is 0 Å². The van der Waals surface area contributed by atoms with E-state index in [-0.39, 0.29) is 18.8 Å². The molecule has 4 N–H and O–H groups in total. The van der Waals surface area contributed by atoms with E-state index >= 15 is 0 Å². The lowest BCUT2D eigenvalue weighted by atomic mass is 10.2. The highest BCUT2D eigenvalue weighted by molar-refractivity contribution is 6.30. The van der Waals surface area contributed by atoms with Gasteiger partial charge in [0, 0.05) is 18.1 Å². The molecule has 1 aromatic rings. The first kappa shape index (κ1) is 21.7. The molecule has 0 bridgehead atoms. The van der Waals surface area contributed by atoms with Crippen molar-refractivity contribution in [3.8, 4) is 0 Å². The zero-order chi connectivity index (χ0) is 19.9. The number of primary amides is 1. The van der Waals surface area contributed by atoms with Crippen LogP contribution in [-0.2, 0) is 20.8 Å². The lowest BCUT2D eigenvalue weighted by Crippen LogP contribution is -2.51. The second-order valence-corrected chi connectivity index (χ2v) is 6.82. The fourth-order valence-corrected chi connectivity index (χ4v) is 2.10. The molecule has 1 atom stereocenters. The molecule has 1 aromatic heterocycles. The van der Waals surface area contributed by atoms with Crippen LogP contribution >= 0.6 is 11.6 Å². The van der Waals surface area contributed by atoms with Crippen molar-refractivity contribution in [2.45, 2.75) is 39.0 Å². The van der Waals surface area contributed by atoms with Gasteiger partial charge in [-0.05, 0) is 32.9 Å². The molecule has 0 aliphatic carbocycles. The van der Waals surface area contributed by atoms with E-state index in [1.54, 1.807) is 26.8 Å². The highest BCUT2D eigenvalue weighted by atomic mass is 35.5. The van der Waals surface area contributed by atoms with Crippen LogP contribution in [0, 0.1) is 0 Å². The smallest absolute Gasteiger partial charge is 0.408 e. The SMILES string of the molecule is COC(=O)c1cc(Cl)cc(CNCC(NC(=O)OC(C)(C)C)C(N)=O)n1. The maximum absolute atomic E-state index is 11.8. The molecule has 0 radical (unpaired) electrons. The molecule has 0 fully saturated rings. The van der Waals surface area contributed by atoms with E-state index in [1.807, 2.05) is 0 Å². The van der Waals surface area contributed by atoms with Gasteiger partial charge in [-0.25, -0.2) is 14.6 Å². The van der Waals surface area contributed by atoms with E-state index in [1.165, 1.54) is 13.2 Å². The number of amides is 2. The number of pyridine rings is 1. The second-order valence-electron chi connectivity index (χ2n) is 6.39. The summed E-state index contributed by atoms with van der Waals surface area (Å²) in [5.41, 5.74) is 5.11. The number of halogens is 1. The number of nitrogens with two attached hydrogens (primary N) is 1. The predicted molar refractivity (Wildman–Crippen MR) is 94.6 cm³/mol. The van der Waals surface area contributed by atoms with Gasteiger partial charge in [0.2, 0.25) is 5.91 Å². The molecule has 0 aliphatic rings. The molecule has 0 aromatic carbocycles. The molecule has 1 rings (SSSR count). The summed E-state index contributed by atoms with van der Waals surface area (Å²) < 4.78 is 9.69. The third-order valence-electron chi connectivity index (χ3n) is 2.93. The minimum Gasteiger partial charge on any atom is -0.464 e. The Hall–Kier alpha value is -2.39. The fourth-order valence-electron chi connectivity index (χ4n) is 1.87. The standard InChI is InChI=1S/C16H23ClN4O5/c1-16(2,3)26-15(24)21-12(13(18)22)8-19-7-10-5-9(17)6-11(20-10)14(23)25-4/h5-6,12,19H,7-8H2,1-4H3,(H2,18,22)(H,21,24). The molecule has 0 saturated heterocycles. The Labute approximate surface area is 156 Å². The number of methoxy groups -OCH3 is 1. The molecule has 1 unspecified atom stereocenters. The number of nitrogens with zero attached hydrogens (tertiary/aromatic N) is 1. The maximum atomic E-state index is 11.8. The van der Waals surface area contributed by atoms with Gasteiger partial charge in [0.1, 0.15) is 17.3 Å². The Morgan fingerprint density at radius 1 is 1.31 bits per heavy atom. The number of nitrogens with one attached hydrogen (secondary N) is 2. The fraction of sp³-hybridized carbons (Fsp3) is 0.500. The van der Waals surface area contributed by atoms with Crippen molar-refractivity contribution in [3.63, 3.8) is 0 Å². The average molecular weight is 387 g/mol. The highest BCUT2D eigenvalue weighted by Crippen LogP contribution is 2.12. The first-order valence-corrected chi connectivity index (χ1v) is 8.14. The van der Waals surface area contributed by atoms with Crippen molar-refractivity contribution in [1.29, 1.82) is 0 Å². The topological polar surface area (TPSA) is 133 Å². The molecule has 0 saturated carbocycles. The van der Waals surface area contributed by atoms with Crippen LogP contribution in [0.1, 0.15) is 37.0 Å². The minimum absolute atomic E-state index is 0.0380. The quantitative estimate of drug-likeness (QED) is 0.595. The summed E-state index contributed by atoms with van der Waals surface area (Å²) in [4.78, 5) is 38.9. The zero-order valence-corrected chi connectivity index (χ0v) is 15.8. The molecule has 0 spiro atoms. The largest absolute Gasteiger partial charge is 0.464 e. The van der Waals surface area contributed by atoms with Gasteiger partial charge < -0.3 is 25.8 Å². The Kier molecular flexibility index (Phi) is 7.78. The van der Waals surface area contributed by atoms with Gasteiger partial charge in [-0.3, -0.25) is 4.79 Å². The number of carbonyl (C=O) groups is 3. The lowest BCUT2D eigenvalue weighted by molar-refractivity contribution is -0.120. The summed E-state index contributed by atoms with van der Waals surface area (Å²) in [7, 11) is 1.24. The van der Waals surface area contributed by atoms with Crippen molar-refractivity contribution in [3.05, 3.63) is 28.5 Å². The van der Waals surface area contributed by atoms with Crippen LogP contribution in [0.2, 0.25) is 5.02 Å². The summed E-state index contributed by atoms with van der Waals surface area (Å²) in [6, 6.07) is 1.96. The van der Waals surface area contributed by atoms with Crippen LogP contribution in [0.4, 0.5) is 4.79 Å². The highest BCUT2D eigenvalue weighted by Gasteiger charge is 2.22. The van der Waals surface area contributed by atoms with Crippen molar-refractivity contribution in [2.24, 2.45) is 5.73 Å². The molecular formula is C16H23ClN4O5. The van der Waals surface area contributed by atoms with Crippen LogP contribution in [0.5, 0.6) is 0 Å². The number of carbonyl (C=O) groups excluding carboxylic acids is 3. The minimum atomic E-state index is -0.982. The van der Waals surface area contributed by atoms with Gasteiger partial charge in [0.25, 0.3) is 0 Å². The Bertz CT molecular complexity index is 675. The Morgan fingerprint density at radius 3 is 2.50 bits per heavy atom. The third-order valence-corrected chi connectivity index (χ3v) is 3.14. The van der Waals surface area contributed by atoms with E-state index in [2.05, 4.69) is 20.4 Å². The molecule has 0 aliphatic heterocycles. The van der Waals surface area contributed by atoms with Gasteiger partial charge >= 0.3 is 12.1 Å². The van der Waals surface area contributed by atoms with E-state index in [4.69, 9.17) is 22.1 Å². The van der Waals surface area contributed by atoms with E-state index < -0.39 is 29.6 Å². The van der Waals surface area contributed by atoms with Crippen molar-refractivity contribution in [2.75, 3.05) is 13.7 Å². The van der Waals surface area contributed by atoms with Gasteiger partial charge in [-0.15, -0.1) is 0 Å². The predicted octanol–water partition coefficient (Wildman–Crippen LogP) is 0.990. The monoisotopic (exact) mass is 386 g/mol. The third kappa shape index (κ3) is 7.66. The number of aromatic nitrogens is 1. The Balaban J connectivity index is 2.66. The summed E-state index contributed by atoms with van der Waals surface area (Å²) in [5, 5.41) is 5.62. The second kappa shape index (κ2) is 9.35. The Morgan fingerprint density at radius 2 is 1.96 bits per heavy atom. The summed E-state index contributed by atoms with van der Waals surface area (Å²) in [5.74, 6) is -1.34. The van der Waals surface area contributed by atoms with Gasteiger partial charge in [0.05, 0.1) is 12.8 Å². The van der Waals surface area contributed by atoms with Crippen molar-refractivity contribution < 1.29 is 23.9 Å². The summed E-state index contributed by atoms with van der Waals surface area (Å²) >= 11 is 5.95. The van der Waals surface area contributed by atoms with Crippen LogP contribution in [-0.4, -0.2) is 48.3 Å². The number of ether oxygens (including phenoxy) is 2. The van der Waals surface area contributed by atoms with Gasteiger partial charge in [-0.2, -0.15) is 0 Å². The summed E-state index contributed by atoms with van der Waals surface area (Å²) in [6.45, 7) is 5.33. The molecular weight excluding hydrogens is 364 g/mol. The molecule has 26 heavy (non-hydrogen) atoms. The van der Waals surface area contributed by atoms with E-state index in [0.29, 0.717) is 10.7 Å². The van der Waals surface area contributed by atoms with Gasteiger partial charge in [-0.1, -0.05) is 11.6 Å². The van der Waals surface area contributed by atoms with E-state index in [9.17, 15) is 14.4 Å². The molecule has 9 nitrogen and oxygen atoms in total. The van der Waals surface area contributed by atoms with E-state index in [0.717, 1.165) is 0 Å². The van der Waals surface area contributed by atoms with Crippen LogP contribution in [0.15, 0.2) is 12.1 Å². The normalized spacial score (nSPS) is 12.2. The summed E-state index contributed by atoms with van der Waals surface area (Å²) in [6.07, 6.45) is -0.753. The maximum Gasteiger partial charge on any atom is 0.408 e. The van der Waals surface area contributed by atoms with Crippen molar-refractivity contribution >= 4 is 29.6 Å². The average Bonchev–Trinajstić information content (AvgIpc) is 2.50. The zero-order valence-electron chi connectivity index (χ0n) is 15.1.